The van der Waals surface area contributed by atoms with Gasteiger partial charge in [0, 0.05) is 35.7 Å². The van der Waals surface area contributed by atoms with Crippen LogP contribution in [0.3, 0.4) is 0 Å². The van der Waals surface area contributed by atoms with Crippen LogP contribution >= 0.6 is 0 Å². The number of benzene rings is 2. The number of carbonyl (C=O) groups is 3. The number of likely N-dealkylation sites (tertiary alicyclic amines) is 1. The monoisotopic (exact) mass is 797 g/mol. The molecule has 300 valence electrons. The highest BCUT2D eigenvalue weighted by Crippen LogP contribution is 2.47. The van der Waals surface area contributed by atoms with Crippen molar-refractivity contribution in [3.8, 4) is 11.6 Å². The number of fused-ring (bicyclic) bond motifs is 1. The van der Waals surface area contributed by atoms with Crippen molar-refractivity contribution < 1.29 is 45.4 Å². The molecule has 6 rings (SSSR count). The number of ether oxygens (including phenoxy) is 2. The zero-order valence-electron chi connectivity index (χ0n) is 31.0. The molecule has 1 aliphatic heterocycles. The van der Waals surface area contributed by atoms with Crippen molar-refractivity contribution in [3.63, 3.8) is 0 Å². The summed E-state index contributed by atoms with van der Waals surface area (Å²) >= 11 is 0. The van der Waals surface area contributed by atoms with Crippen LogP contribution in [0.4, 0.5) is 18.9 Å². The lowest BCUT2D eigenvalue weighted by Crippen LogP contribution is -2.58. The van der Waals surface area contributed by atoms with Crippen LogP contribution in [0.2, 0.25) is 0 Å². The van der Waals surface area contributed by atoms with Crippen molar-refractivity contribution in [2.45, 2.75) is 99.5 Å². The lowest BCUT2D eigenvalue weighted by molar-refractivity contribution is -0.274. The van der Waals surface area contributed by atoms with Crippen LogP contribution in [0.25, 0.3) is 10.8 Å². The van der Waals surface area contributed by atoms with Crippen LogP contribution in [-0.4, -0.2) is 77.4 Å². The zero-order chi connectivity index (χ0) is 40.3. The van der Waals surface area contributed by atoms with E-state index in [1.165, 1.54) is 23.1 Å². The van der Waals surface area contributed by atoms with Gasteiger partial charge in [0.2, 0.25) is 27.7 Å². The lowest BCUT2D eigenvalue weighted by atomic mass is 10.0. The number of sulfonamides is 1. The van der Waals surface area contributed by atoms with Gasteiger partial charge in [0.05, 0.1) is 11.3 Å². The summed E-state index contributed by atoms with van der Waals surface area (Å²) in [6.45, 7) is 8.99. The number of hydrogen-bond donors (Lipinski definition) is 3. The molecule has 56 heavy (non-hydrogen) atoms. The SMILES string of the molecule is C=CCCCCC[C@H](Nc1cccc(OC(F)(F)F)c1)C(=O)N1C[C@H](Oc2nccc3ccccc23)C[C@H]1C(=O)N[C@]1(C(=O)NS(=O)(=O)C2(C)CC2)C[C@H]1C=C. The Morgan fingerprint density at radius 3 is 2.54 bits per heavy atom. The summed E-state index contributed by atoms with van der Waals surface area (Å²) in [5, 5.41) is 7.44. The highest BCUT2D eigenvalue weighted by Gasteiger charge is 2.63. The third-order valence-electron chi connectivity index (χ3n) is 10.8. The molecule has 5 atom stereocenters. The molecule has 3 aromatic rings. The van der Waals surface area contributed by atoms with E-state index in [4.69, 9.17) is 4.74 Å². The number of halogens is 3. The van der Waals surface area contributed by atoms with Crippen LogP contribution in [0.15, 0.2) is 86.1 Å². The van der Waals surface area contributed by atoms with Crippen molar-refractivity contribution in [1.82, 2.24) is 19.9 Å². The number of pyridine rings is 1. The minimum absolute atomic E-state index is 0.00371. The largest absolute Gasteiger partial charge is 0.573 e. The molecule has 2 saturated carbocycles. The van der Waals surface area contributed by atoms with Gasteiger partial charge >= 0.3 is 6.36 Å². The van der Waals surface area contributed by atoms with E-state index in [2.05, 4.69) is 38.2 Å². The quantitative estimate of drug-likeness (QED) is 0.101. The molecule has 1 saturated heterocycles. The van der Waals surface area contributed by atoms with Gasteiger partial charge in [-0.2, -0.15) is 0 Å². The van der Waals surface area contributed by atoms with E-state index in [0.717, 1.165) is 36.8 Å². The Kier molecular flexibility index (Phi) is 11.7. The standard InChI is InChI=1S/C40H46F3N5O7S/c1-4-6-7-8-9-17-32(45-28-14-12-15-29(22-28)55-40(41,42)43)36(50)48-25-30(54-35-31-16-11-10-13-26(31)18-21-44-35)23-33(48)34(49)46-39(24-27(39)5-2)37(51)47-56(52,53)38(3)19-20-38/h4-5,10-16,18,21-22,27,30,32-33,45H,1-2,6-9,17,19-20,23-25H2,3H3,(H,46,49)(H,47,51)/t27-,30-,32+,33+,39-/m1/s1. The second kappa shape index (κ2) is 16.2. The molecule has 0 radical (unpaired) electrons. The summed E-state index contributed by atoms with van der Waals surface area (Å²) < 4.78 is 76.8. The molecule has 3 N–H and O–H groups in total. The number of amides is 3. The first-order valence-corrected chi connectivity index (χ1v) is 20.1. The topological polar surface area (TPSA) is 156 Å². The van der Waals surface area contributed by atoms with Gasteiger partial charge in [-0.15, -0.1) is 26.3 Å². The van der Waals surface area contributed by atoms with Gasteiger partial charge < -0.3 is 25.0 Å². The predicted octanol–water partition coefficient (Wildman–Crippen LogP) is 6.16. The molecule has 1 aromatic heterocycles. The van der Waals surface area contributed by atoms with E-state index in [-0.39, 0.29) is 31.5 Å². The highest BCUT2D eigenvalue weighted by atomic mass is 32.2. The first-order valence-electron chi connectivity index (χ1n) is 18.6. The first-order chi connectivity index (χ1) is 26.6. The van der Waals surface area contributed by atoms with Gasteiger partial charge in [0.1, 0.15) is 29.5 Å². The summed E-state index contributed by atoms with van der Waals surface area (Å²) in [5.74, 6) is -2.85. The van der Waals surface area contributed by atoms with Crippen LogP contribution < -0.4 is 24.8 Å². The molecule has 0 spiro atoms. The number of allylic oxidation sites excluding steroid dienone is 1. The Morgan fingerprint density at radius 1 is 1.07 bits per heavy atom. The van der Waals surface area contributed by atoms with Gasteiger partial charge in [-0.05, 0) is 75.1 Å². The number of alkyl halides is 3. The maximum atomic E-state index is 14.7. The number of hydrogen-bond acceptors (Lipinski definition) is 9. The summed E-state index contributed by atoms with van der Waals surface area (Å²) in [6.07, 6.45) is 3.23. The molecule has 2 aliphatic carbocycles. The average molecular weight is 798 g/mol. The number of rotatable bonds is 18. The van der Waals surface area contributed by atoms with Crippen molar-refractivity contribution in [2.75, 3.05) is 11.9 Å². The van der Waals surface area contributed by atoms with Crippen LogP contribution in [0.1, 0.15) is 64.7 Å². The van der Waals surface area contributed by atoms with E-state index in [1.807, 2.05) is 30.3 Å². The average Bonchev–Trinajstić information content (AvgIpc) is 4.04. The molecule has 16 heteroatoms. The smallest absolute Gasteiger partial charge is 0.472 e. The molecule has 0 unspecified atom stereocenters. The van der Waals surface area contributed by atoms with Gasteiger partial charge in [-0.1, -0.05) is 49.3 Å². The fraction of sp³-hybridized carbons (Fsp3) is 0.450. The minimum Gasteiger partial charge on any atom is -0.472 e. The summed E-state index contributed by atoms with van der Waals surface area (Å²) in [7, 11) is -4.03. The fourth-order valence-electron chi connectivity index (χ4n) is 7.09. The second-order valence-electron chi connectivity index (χ2n) is 14.9. The van der Waals surface area contributed by atoms with Crippen LogP contribution in [-0.2, 0) is 24.4 Å². The number of aromatic nitrogens is 1. The Labute approximate surface area is 323 Å². The first kappa shape index (κ1) is 40.5. The second-order valence-corrected chi connectivity index (χ2v) is 17.1. The maximum absolute atomic E-state index is 14.7. The van der Waals surface area contributed by atoms with E-state index >= 15 is 0 Å². The van der Waals surface area contributed by atoms with Crippen LogP contribution in [0.5, 0.6) is 11.6 Å². The lowest BCUT2D eigenvalue weighted by Gasteiger charge is -2.30. The van der Waals surface area contributed by atoms with Gasteiger partial charge in [0.15, 0.2) is 0 Å². The van der Waals surface area contributed by atoms with E-state index in [9.17, 15) is 36.0 Å². The highest BCUT2D eigenvalue weighted by molar-refractivity contribution is 7.91. The molecule has 2 aromatic carbocycles. The summed E-state index contributed by atoms with van der Waals surface area (Å²) in [5.41, 5.74) is -1.42. The van der Waals surface area contributed by atoms with Crippen molar-refractivity contribution in [3.05, 3.63) is 86.1 Å². The predicted molar refractivity (Wildman–Crippen MR) is 204 cm³/mol. The fourth-order valence-corrected chi connectivity index (χ4v) is 8.40. The van der Waals surface area contributed by atoms with Crippen molar-refractivity contribution in [1.29, 1.82) is 0 Å². The number of nitrogens with zero attached hydrogens (tertiary/aromatic N) is 2. The van der Waals surface area contributed by atoms with Gasteiger partial charge in [-0.3, -0.25) is 19.1 Å². The van der Waals surface area contributed by atoms with E-state index in [1.54, 1.807) is 19.2 Å². The summed E-state index contributed by atoms with van der Waals surface area (Å²) in [4.78, 5) is 48.4. The molecule has 3 fully saturated rings. The molecule has 12 nitrogen and oxygen atoms in total. The third kappa shape index (κ3) is 9.11. The molecular formula is C40H46F3N5O7S. The molecule has 2 heterocycles. The Hall–Kier alpha value is -5.12. The van der Waals surface area contributed by atoms with Gasteiger partial charge in [0.25, 0.3) is 5.91 Å². The third-order valence-corrected chi connectivity index (χ3v) is 12.9. The maximum Gasteiger partial charge on any atom is 0.573 e. The van der Waals surface area contributed by atoms with Gasteiger partial charge in [-0.25, -0.2) is 13.4 Å². The Bertz CT molecular complexity index is 2090. The van der Waals surface area contributed by atoms with E-state index in [0.29, 0.717) is 30.5 Å². The molecule has 3 aliphatic rings. The van der Waals surface area contributed by atoms with E-state index < -0.39 is 74.2 Å². The zero-order valence-corrected chi connectivity index (χ0v) is 31.8. The number of carbonyl (C=O) groups excluding carboxylic acids is 3. The number of unbranched alkanes of at least 4 members (excludes halogenated alkanes) is 3. The van der Waals surface area contributed by atoms with Crippen molar-refractivity contribution >= 4 is 44.2 Å². The normalized spacial score (nSPS) is 23.1. The molecular weight excluding hydrogens is 752 g/mol. The molecule has 0 bridgehead atoms. The number of nitrogens with one attached hydrogen (secondary N) is 3. The Balaban J connectivity index is 1.29. The van der Waals surface area contributed by atoms with Crippen LogP contribution in [0, 0.1) is 5.92 Å². The molecule has 3 amide bonds. The minimum atomic E-state index is -4.93. The summed E-state index contributed by atoms with van der Waals surface area (Å²) in [6, 6.07) is 12.2. The Morgan fingerprint density at radius 2 is 1.84 bits per heavy atom. The number of anilines is 1. The van der Waals surface area contributed by atoms with Crippen molar-refractivity contribution in [2.24, 2.45) is 5.92 Å².